The standard InChI is InChI=1S/C24H22ClN3O3/c1-15-21-19(27-28-23(29)17-9-5-10-18(25)13-17)11-6-12-20(21)31-22(15)24(30)26-14-16-7-3-2-4-8-16/h2-5,7-10,13H,6,11-12,14H2,1H3,(H,26,30)(H,28,29)/b27-19+. The number of hydrogen-bond donors (Lipinski definition) is 2. The number of nitrogens with zero attached hydrogens (tertiary/aromatic N) is 1. The molecule has 0 unspecified atom stereocenters. The van der Waals surface area contributed by atoms with Gasteiger partial charge in [-0.2, -0.15) is 5.10 Å². The summed E-state index contributed by atoms with van der Waals surface area (Å²) in [6.45, 7) is 2.26. The lowest BCUT2D eigenvalue weighted by atomic mass is 9.93. The summed E-state index contributed by atoms with van der Waals surface area (Å²) < 4.78 is 5.90. The van der Waals surface area contributed by atoms with Crippen LogP contribution in [0.5, 0.6) is 0 Å². The third kappa shape index (κ3) is 4.70. The van der Waals surface area contributed by atoms with Crippen molar-refractivity contribution in [1.82, 2.24) is 10.7 Å². The lowest BCUT2D eigenvalue weighted by molar-refractivity contribution is 0.0919. The maximum atomic E-state index is 12.7. The number of halogens is 1. The summed E-state index contributed by atoms with van der Waals surface area (Å²) >= 11 is 5.96. The van der Waals surface area contributed by atoms with E-state index in [4.69, 9.17) is 16.0 Å². The SMILES string of the molecule is Cc1c(C(=O)NCc2ccccc2)oc2c1/C(=N/NC(=O)c1cccc(Cl)c1)CCC2. The number of benzene rings is 2. The quantitative estimate of drug-likeness (QED) is 0.572. The molecule has 0 saturated carbocycles. The van der Waals surface area contributed by atoms with Crippen LogP contribution in [0.4, 0.5) is 0 Å². The van der Waals surface area contributed by atoms with E-state index in [0.717, 1.165) is 35.3 Å². The molecule has 1 aliphatic rings. The van der Waals surface area contributed by atoms with Crippen LogP contribution >= 0.6 is 11.6 Å². The Bertz CT molecular complexity index is 1150. The molecule has 3 aromatic rings. The Morgan fingerprint density at radius 2 is 1.87 bits per heavy atom. The molecule has 2 aromatic carbocycles. The first kappa shape index (κ1) is 20.9. The summed E-state index contributed by atoms with van der Waals surface area (Å²) in [5, 5.41) is 7.73. The van der Waals surface area contributed by atoms with Gasteiger partial charge >= 0.3 is 0 Å². The molecular formula is C24H22ClN3O3. The monoisotopic (exact) mass is 435 g/mol. The topological polar surface area (TPSA) is 83.7 Å². The number of hydrogen-bond acceptors (Lipinski definition) is 4. The Balaban J connectivity index is 1.51. The fourth-order valence-corrected chi connectivity index (χ4v) is 3.86. The van der Waals surface area contributed by atoms with Crippen LogP contribution < -0.4 is 10.7 Å². The zero-order valence-corrected chi connectivity index (χ0v) is 17.8. The molecule has 4 rings (SSSR count). The Morgan fingerprint density at radius 1 is 1.06 bits per heavy atom. The van der Waals surface area contributed by atoms with Gasteiger partial charge in [-0.15, -0.1) is 0 Å². The third-order valence-corrected chi connectivity index (χ3v) is 5.44. The minimum Gasteiger partial charge on any atom is -0.455 e. The van der Waals surface area contributed by atoms with Crippen LogP contribution in [0.15, 0.2) is 64.1 Å². The molecule has 0 atom stereocenters. The van der Waals surface area contributed by atoms with E-state index in [0.29, 0.717) is 29.3 Å². The van der Waals surface area contributed by atoms with Crippen LogP contribution in [0.2, 0.25) is 5.02 Å². The molecule has 1 aromatic heterocycles. The van der Waals surface area contributed by atoms with Crippen LogP contribution in [-0.4, -0.2) is 17.5 Å². The third-order valence-electron chi connectivity index (χ3n) is 5.21. The fraction of sp³-hybridized carbons (Fsp3) is 0.208. The number of hydrazone groups is 1. The van der Waals surface area contributed by atoms with Gasteiger partial charge in [0.05, 0.1) is 5.71 Å². The van der Waals surface area contributed by atoms with E-state index in [9.17, 15) is 9.59 Å². The van der Waals surface area contributed by atoms with E-state index >= 15 is 0 Å². The second-order valence-corrected chi connectivity index (χ2v) is 7.82. The minimum absolute atomic E-state index is 0.266. The van der Waals surface area contributed by atoms with Crippen LogP contribution in [0.3, 0.4) is 0 Å². The Labute approximate surface area is 185 Å². The Morgan fingerprint density at radius 3 is 2.65 bits per heavy atom. The largest absolute Gasteiger partial charge is 0.455 e. The van der Waals surface area contributed by atoms with Gasteiger partial charge in [-0.25, -0.2) is 5.43 Å². The number of furan rings is 1. The van der Waals surface area contributed by atoms with Gasteiger partial charge in [0.15, 0.2) is 5.76 Å². The molecule has 1 heterocycles. The number of amides is 2. The lowest BCUT2D eigenvalue weighted by Crippen LogP contribution is -2.23. The highest BCUT2D eigenvalue weighted by molar-refractivity contribution is 6.31. The number of nitrogens with one attached hydrogen (secondary N) is 2. The molecule has 31 heavy (non-hydrogen) atoms. The van der Waals surface area contributed by atoms with E-state index in [1.807, 2.05) is 37.3 Å². The Hall–Kier alpha value is -3.38. The first-order chi connectivity index (χ1) is 15.0. The molecule has 7 heteroatoms. The predicted octanol–water partition coefficient (Wildman–Crippen LogP) is 4.64. The summed E-state index contributed by atoms with van der Waals surface area (Å²) in [7, 11) is 0. The van der Waals surface area contributed by atoms with E-state index in [-0.39, 0.29) is 17.6 Å². The van der Waals surface area contributed by atoms with Crippen molar-refractivity contribution < 1.29 is 14.0 Å². The maximum absolute atomic E-state index is 12.7. The van der Waals surface area contributed by atoms with E-state index in [1.54, 1.807) is 24.3 Å². The number of aryl methyl sites for hydroxylation is 1. The molecule has 0 radical (unpaired) electrons. The highest BCUT2D eigenvalue weighted by atomic mass is 35.5. The van der Waals surface area contributed by atoms with Crippen molar-refractivity contribution in [2.75, 3.05) is 0 Å². The Kier molecular flexibility index (Phi) is 6.18. The fourth-order valence-electron chi connectivity index (χ4n) is 3.67. The summed E-state index contributed by atoms with van der Waals surface area (Å²) in [5.41, 5.74) is 6.28. The van der Waals surface area contributed by atoms with E-state index in [2.05, 4.69) is 15.8 Å². The molecule has 2 N–H and O–H groups in total. The van der Waals surface area contributed by atoms with Gasteiger partial charge in [-0.1, -0.05) is 48.0 Å². The molecule has 0 fully saturated rings. The smallest absolute Gasteiger partial charge is 0.287 e. The second kappa shape index (κ2) is 9.18. The number of carbonyl (C=O) groups is 2. The molecular weight excluding hydrogens is 414 g/mol. The van der Waals surface area contributed by atoms with Crippen LogP contribution in [0.1, 0.15) is 56.2 Å². The van der Waals surface area contributed by atoms with Gasteiger partial charge in [0, 0.05) is 34.7 Å². The maximum Gasteiger partial charge on any atom is 0.287 e. The predicted molar refractivity (Wildman–Crippen MR) is 119 cm³/mol. The zero-order valence-electron chi connectivity index (χ0n) is 17.1. The highest BCUT2D eigenvalue weighted by Gasteiger charge is 2.28. The average molecular weight is 436 g/mol. The van der Waals surface area contributed by atoms with E-state index in [1.165, 1.54) is 0 Å². The molecule has 6 nitrogen and oxygen atoms in total. The summed E-state index contributed by atoms with van der Waals surface area (Å²) in [6, 6.07) is 16.4. The zero-order chi connectivity index (χ0) is 21.8. The van der Waals surface area contributed by atoms with Crippen LogP contribution in [0, 0.1) is 6.92 Å². The molecule has 0 saturated heterocycles. The molecule has 1 aliphatic carbocycles. The van der Waals surface area contributed by atoms with Crippen molar-refractivity contribution in [1.29, 1.82) is 0 Å². The number of rotatable bonds is 5. The lowest BCUT2D eigenvalue weighted by Gasteiger charge is -2.13. The van der Waals surface area contributed by atoms with Crippen LogP contribution in [-0.2, 0) is 13.0 Å². The molecule has 158 valence electrons. The molecule has 0 aliphatic heterocycles. The van der Waals surface area contributed by atoms with Gasteiger partial charge in [-0.3, -0.25) is 9.59 Å². The minimum atomic E-state index is -0.343. The number of carbonyl (C=O) groups excluding carboxylic acids is 2. The average Bonchev–Trinajstić information content (AvgIpc) is 3.13. The van der Waals surface area contributed by atoms with Crippen molar-refractivity contribution in [3.05, 3.63) is 93.4 Å². The van der Waals surface area contributed by atoms with Crippen molar-refractivity contribution in [3.63, 3.8) is 0 Å². The van der Waals surface area contributed by atoms with Crippen molar-refractivity contribution in [2.24, 2.45) is 5.10 Å². The summed E-state index contributed by atoms with van der Waals surface area (Å²) in [5.74, 6) is 0.406. The normalized spacial score (nSPS) is 14.2. The van der Waals surface area contributed by atoms with Gasteiger partial charge < -0.3 is 9.73 Å². The second-order valence-electron chi connectivity index (χ2n) is 7.39. The van der Waals surface area contributed by atoms with Gasteiger partial charge in [0.1, 0.15) is 5.76 Å². The van der Waals surface area contributed by atoms with Crippen molar-refractivity contribution in [3.8, 4) is 0 Å². The summed E-state index contributed by atoms with van der Waals surface area (Å²) in [4.78, 5) is 25.1. The highest BCUT2D eigenvalue weighted by Crippen LogP contribution is 2.30. The van der Waals surface area contributed by atoms with Crippen molar-refractivity contribution >= 4 is 29.1 Å². The van der Waals surface area contributed by atoms with Gasteiger partial charge in [0.25, 0.3) is 11.8 Å². The molecule has 0 spiro atoms. The number of fused-ring (bicyclic) bond motifs is 1. The molecule has 0 bridgehead atoms. The van der Waals surface area contributed by atoms with Gasteiger partial charge in [0.2, 0.25) is 0 Å². The first-order valence-electron chi connectivity index (χ1n) is 10.1. The first-order valence-corrected chi connectivity index (χ1v) is 10.5. The van der Waals surface area contributed by atoms with Crippen molar-refractivity contribution in [2.45, 2.75) is 32.7 Å². The molecule has 2 amide bonds. The van der Waals surface area contributed by atoms with Gasteiger partial charge in [-0.05, 0) is 43.5 Å². The van der Waals surface area contributed by atoms with E-state index < -0.39 is 0 Å². The summed E-state index contributed by atoms with van der Waals surface area (Å²) in [6.07, 6.45) is 2.24. The van der Waals surface area contributed by atoms with Crippen LogP contribution in [0.25, 0.3) is 0 Å².